The Morgan fingerprint density at radius 2 is 1.67 bits per heavy atom. The Balaban J connectivity index is 2.53. The molecule has 0 radical (unpaired) electrons. The normalized spacial score (nSPS) is 10.4. The highest BCUT2D eigenvalue weighted by atomic mass is 35.5. The molecule has 0 bridgehead atoms. The van der Waals surface area contributed by atoms with Crippen molar-refractivity contribution < 1.29 is 24.9 Å². The SMILES string of the molecule is Cc1cc(O)c(C(=O)c2ccc(O)c(C(=O)O)c2)cc1Cl. The van der Waals surface area contributed by atoms with E-state index in [0.29, 0.717) is 10.6 Å². The number of phenolic OH excluding ortho intramolecular Hbond substituents is 1. The first-order valence-electron chi connectivity index (χ1n) is 5.91. The fourth-order valence-corrected chi connectivity index (χ4v) is 2.02. The number of carbonyl (C=O) groups is 2. The highest BCUT2D eigenvalue weighted by Gasteiger charge is 2.18. The van der Waals surface area contributed by atoms with Crippen molar-refractivity contribution in [2.45, 2.75) is 6.92 Å². The lowest BCUT2D eigenvalue weighted by Crippen LogP contribution is -2.05. The van der Waals surface area contributed by atoms with Crippen LogP contribution in [0.4, 0.5) is 0 Å². The number of aromatic hydroxyl groups is 2. The van der Waals surface area contributed by atoms with Gasteiger partial charge >= 0.3 is 5.97 Å². The van der Waals surface area contributed by atoms with E-state index in [0.717, 1.165) is 12.1 Å². The molecule has 0 atom stereocenters. The van der Waals surface area contributed by atoms with E-state index < -0.39 is 23.1 Å². The predicted molar refractivity (Wildman–Crippen MR) is 76.4 cm³/mol. The van der Waals surface area contributed by atoms with Gasteiger partial charge in [0.05, 0.1) is 5.56 Å². The van der Waals surface area contributed by atoms with Crippen LogP contribution < -0.4 is 0 Å². The molecule has 0 heterocycles. The Bertz CT molecular complexity index is 752. The third-order valence-corrected chi connectivity index (χ3v) is 3.42. The first-order valence-corrected chi connectivity index (χ1v) is 6.29. The first-order chi connectivity index (χ1) is 9.81. The maximum atomic E-state index is 12.3. The highest BCUT2D eigenvalue weighted by molar-refractivity contribution is 6.32. The van der Waals surface area contributed by atoms with E-state index in [2.05, 4.69) is 0 Å². The first kappa shape index (κ1) is 14.9. The number of aromatic carboxylic acids is 1. The average Bonchev–Trinajstić information content (AvgIpc) is 2.42. The fraction of sp³-hybridized carbons (Fsp3) is 0.0667. The zero-order valence-corrected chi connectivity index (χ0v) is 11.7. The van der Waals surface area contributed by atoms with Gasteiger partial charge < -0.3 is 15.3 Å². The van der Waals surface area contributed by atoms with Crippen molar-refractivity contribution in [1.82, 2.24) is 0 Å². The largest absolute Gasteiger partial charge is 0.507 e. The zero-order valence-electron chi connectivity index (χ0n) is 10.9. The van der Waals surface area contributed by atoms with E-state index in [9.17, 15) is 19.8 Å². The summed E-state index contributed by atoms with van der Waals surface area (Å²) in [6.07, 6.45) is 0. The minimum atomic E-state index is -1.35. The Morgan fingerprint density at radius 3 is 2.29 bits per heavy atom. The van der Waals surface area contributed by atoms with Crippen LogP contribution in [-0.4, -0.2) is 27.1 Å². The molecule has 0 saturated carbocycles. The third kappa shape index (κ3) is 2.83. The Labute approximate surface area is 125 Å². The van der Waals surface area contributed by atoms with Gasteiger partial charge in [0.15, 0.2) is 5.78 Å². The number of aryl methyl sites for hydroxylation is 1. The monoisotopic (exact) mass is 306 g/mol. The molecule has 2 rings (SSSR count). The lowest BCUT2D eigenvalue weighted by Gasteiger charge is -2.08. The Morgan fingerprint density at radius 1 is 1.00 bits per heavy atom. The van der Waals surface area contributed by atoms with Crippen LogP contribution >= 0.6 is 11.6 Å². The molecule has 21 heavy (non-hydrogen) atoms. The summed E-state index contributed by atoms with van der Waals surface area (Å²) in [6, 6.07) is 6.12. The zero-order chi connectivity index (χ0) is 15.7. The lowest BCUT2D eigenvalue weighted by molar-refractivity contribution is 0.0693. The summed E-state index contributed by atoms with van der Waals surface area (Å²) in [5.74, 6) is -2.62. The van der Waals surface area contributed by atoms with Crippen molar-refractivity contribution in [3.63, 3.8) is 0 Å². The van der Waals surface area contributed by atoms with Gasteiger partial charge in [0.2, 0.25) is 0 Å². The van der Waals surface area contributed by atoms with Crippen molar-refractivity contribution >= 4 is 23.4 Å². The van der Waals surface area contributed by atoms with Crippen molar-refractivity contribution in [3.8, 4) is 11.5 Å². The number of benzene rings is 2. The molecule has 0 fully saturated rings. The van der Waals surface area contributed by atoms with Crippen LogP contribution in [0.1, 0.15) is 31.8 Å². The molecular weight excluding hydrogens is 296 g/mol. The van der Waals surface area contributed by atoms with Crippen LogP contribution in [-0.2, 0) is 0 Å². The quantitative estimate of drug-likeness (QED) is 0.758. The van der Waals surface area contributed by atoms with Gasteiger partial charge in [-0.1, -0.05) is 11.6 Å². The number of carboxylic acids is 1. The molecule has 0 spiro atoms. The molecule has 0 aliphatic heterocycles. The second-order valence-electron chi connectivity index (χ2n) is 4.48. The molecule has 2 aromatic carbocycles. The van der Waals surface area contributed by atoms with Crippen molar-refractivity contribution in [1.29, 1.82) is 0 Å². The predicted octanol–water partition coefficient (Wildman–Crippen LogP) is 2.99. The second-order valence-corrected chi connectivity index (χ2v) is 4.89. The summed E-state index contributed by atoms with van der Waals surface area (Å²) in [7, 11) is 0. The number of hydrogen-bond acceptors (Lipinski definition) is 4. The molecular formula is C15H11ClO5. The van der Waals surface area contributed by atoms with Gasteiger partial charge in [0.1, 0.15) is 17.1 Å². The second kappa shape index (κ2) is 5.46. The third-order valence-electron chi connectivity index (χ3n) is 3.01. The van der Waals surface area contributed by atoms with Crippen LogP contribution in [0.5, 0.6) is 11.5 Å². The number of halogens is 1. The summed E-state index contributed by atoms with van der Waals surface area (Å²) in [5, 5.41) is 28.5. The molecule has 0 amide bonds. The maximum absolute atomic E-state index is 12.3. The van der Waals surface area contributed by atoms with Crippen LogP contribution in [0.25, 0.3) is 0 Å². The van der Waals surface area contributed by atoms with Gasteiger partial charge in [-0.05, 0) is 42.8 Å². The van der Waals surface area contributed by atoms with Gasteiger partial charge in [0, 0.05) is 10.6 Å². The summed E-state index contributed by atoms with van der Waals surface area (Å²) >= 11 is 5.93. The van der Waals surface area contributed by atoms with Crippen molar-refractivity contribution in [2.75, 3.05) is 0 Å². The molecule has 0 saturated heterocycles. The molecule has 6 heteroatoms. The van der Waals surface area contributed by atoms with Gasteiger partial charge in [0.25, 0.3) is 0 Å². The minimum Gasteiger partial charge on any atom is -0.507 e. The molecule has 0 aliphatic rings. The minimum absolute atomic E-state index is 0.0282. The average molecular weight is 307 g/mol. The standard InChI is InChI=1S/C15H11ClO5/c1-7-4-13(18)9(6-11(7)16)14(19)8-2-3-12(17)10(5-8)15(20)21/h2-6,17-18H,1H3,(H,20,21). The molecule has 0 aliphatic carbocycles. The highest BCUT2D eigenvalue weighted by Crippen LogP contribution is 2.28. The van der Waals surface area contributed by atoms with E-state index in [1.165, 1.54) is 18.2 Å². The topological polar surface area (TPSA) is 94.8 Å². The van der Waals surface area contributed by atoms with Gasteiger partial charge in [-0.15, -0.1) is 0 Å². The molecule has 0 aromatic heterocycles. The van der Waals surface area contributed by atoms with E-state index in [-0.39, 0.29) is 16.9 Å². The lowest BCUT2D eigenvalue weighted by atomic mass is 9.99. The molecule has 2 aromatic rings. The van der Waals surface area contributed by atoms with Crippen molar-refractivity contribution in [2.24, 2.45) is 0 Å². The molecule has 108 valence electrons. The van der Waals surface area contributed by atoms with E-state index in [1.807, 2.05) is 0 Å². The Hall–Kier alpha value is -2.53. The van der Waals surface area contributed by atoms with E-state index in [1.54, 1.807) is 6.92 Å². The maximum Gasteiger partial charge on any atom is 0.339 e. The number of rotatable bonds is 3. The van der Waals surface area contributed by atoms with Crippen LogP contribution in [0.3, 0.4) is 0 Å². The fourth-order valence-electron chi connectivity index (χ4n) is 1.85. The summed E-state index contributed by atoms with van der Waals surface area (Å²) in [5.41, 5.74) is 0.217. The Kier molecular flexibility index (Phi) is 3.86. The van der Waals surface area contributed by atoms with Crippen LogP contribution in [0.15, 0.2) is 30.3 Å². The van der Waals surface area contributed by atoms with Crippen molar-refractivity contribution in [3.05, 3.63) is 57.6 Å². The number of ketones is 1. The summed E-state index contributed by atoms with van der Waals surface area (Å²) < 4.78 is 0. The molecule has 0 unspecified atom stereocenters. The number of hydrogen-bond donors (Lipinski definition) is 3. The number of carboxylic acid groups (broad SMARTS) is 1. The van der Waals surface area contributed by atoms with E-state index >= 15 is 0 Å². The molecule has 5 nitrogen and oxygen atoms in total. The van der Waals surface area contributed by atoms with Gasteiger partial charge in [-0.3, -0.25) is 4.79 Å². The van der Waals surface area contributed by atoms with Gasteiger partial charge in [-0.2, -0.15) is 0 Å². The van der Waals surface area contributed by atoms with E-state index in [4.69, 9.17) is 16.7 Å². The summed E-state index contributed by atoms with van der Waals surface area (Å²) in [4.78, 5) is 23.3. The molecule has 3 N–H and O–H groups in total. The van der Waals surface area contributed by atoms with Gasteiger partial charge in [-0.25, -0.2) is 4.79 Å². The summed E-state index contributed by atoms with van der Waals surface area (Å²) in [6.45, 7) is 1.68. The number of carbonyl (C=O) groups excluding carboxylic acids is 1. The van der Waals surface area contributed by atoms with Crippen LogP contribution in [0.2, 0.25) is 5.02 Å². The smallest absolute Gasteiger partial charge is 0.339 e. The van der Waals surface area contributed by atoms with Crippen LogP contribution in [0, 0.1) is 6.92 Å². The number of phenols is 2.